The molecule has 1 heterocycles. The van der Waals surface area contributed by atoms with Crippen LogP contribution in [0.1, 0.15) is 25.7 Å². The van der Waals surface area contributed by atoms with Gasteiger partial charge >= 0.3 is 0 Å². The molecule has 18 heavy (non-hydrogen) atoms. The number of nitrogen functional groups attached to an aromatic ring is 1. The second kappa shape index (κ2) is 3.25. The van der Waals surface area contributed by atoms with E-state index in [-0.39, 0.29) is 5.82 Å². The van der Waals surface area contributed by atoms with Crippen LogP contribution in [-0.4, -0.2) is 9.55 Å². The molecular weight excluding hydrogens is 229 g/mol. The fourth-order valence-electron chi connectivity index (χ4n) is 3.16. The number of anilines is 1. The van der Waals surface area contributed by atoms with E-state index in [4.69, 9.17) is 5.73 Å². The Hall–Kier alpha value is -1.58. The number of halogens is 1. The zero-order valence-electron chi connectivity index (χ0n) is 10.2. The van der Waals surface area contributed by atoms with Crippen LogP contribution in [0.3, 0.4) is 0 Å². The summed E-state index contributed by atoms with van der Waals surface area (Å²) < 4.78 is 15.7. The molecule has 3 nitrogen and oxygen atoms in total. The molecule has 0 unspecified atom stereocenters. The normalized spacial score (nSPS) is 21.4. The fraction of sp³-hybridized carbons (Fsp3) is 0.500. The lowest BCUT2D eigenvalue weighted by Crippen LogP contribution is -2.15. The summed E-state index contributed by atoms with van der Waals surface area (Å²) in [6.07, 6.45) is 5.26. The second-order valence-corrected chi connectivity index (χ2v) is 5.80. The molecule has 2 saturated carbocycles. The topological polar surface area (TPSA) is 43.8 Å². The number of para-hydroxylation sites is 1. The number of benzene rings is 1. The molecule has 1 aromatic carbocycles. The summed E-state index contributed by atoms with van der Waals surface area (Å²) in [4.78, 5) is 4.17. The second-order valence-electron chi connectivity index (χ2n) is 5.80. The summed E-state index contributed by atoms with van der Waals surface area (Å²) in [6, 6.07) is 5.07. The van der Waals surface area contributed by atoms with E-state index in [0.717, 1.165) is 18.0 Å². The molecule has 0 atom stereocenters. The number of rotatable bonds is 3. The molecule has 1 aromatic heterocycles. The van der Waals surface area contributed by atoms with E-state index in [1.165, 1.54) is 31.7 Å². The first kappa shape index (κ1) is 10.4. The van der Waals surface area contributed by atoms with Crippen molar-refractivity contribution in [2.45, 2.75) is 32.2 Å². The zero-order chi connectivity index (χ0) is 12.3. The van der Waals surface area contributed by atoms with Crippen molar-refractivity contribution in [1.82, 2.24) is 9.55 Å². The summed E-state index contributed by atoms with van der Waals surface area (Å²) in [7, 11) is 0. The first-order valence-electron chi connectivity index (χ1n) is 6.60. The monoisotopic (exact) mass is 245 g/mol. The molecule has 4 rings (SSSR count). The lowest BCUT2D eigenvalue weighted by Gasteiger charge is -2.16. The van der Waals surface area contributed by atoms with Crippen molar-refractivity contribution in [3.63, 3.8) is 0 Å². The Morgan fingerprint density at radius 3 is 2.83 bits per heavy atom. The molecule has 94 valence electrons. The van der Waals surface area contributed by atoms with E-state index in [1.54, 1.807) is 6.07 Å². The van der Waals surface area contributed by atoms with Gasteiger partial charge < -0.3 is 10.3 Å². The molecule has 2 aliphatic rings. The van der Waals surface area contributed by atoms with Gasteiger partial charge in [-0.15, -0.1) is 0 Å². The van der Waals surface area contributed by atoms with Crippen molar-refractivity contribution in [1.29, 1.82) is 0 Å². The highest BCUT2D eigenvalue weighted by Gasteiger charge is 2.54. The third-order valence-corrected chi connectivity index (χ3v) is 4.57. The highest BCUT2D eigenvalue weighted by atomic mass is 19.1. The Labute approximate surface area is 105 Å². The summed E-state index contributed by atoms with van der Waals surface area (Å²) >= 11 is 0. The number of nitrogens with zero attached hydrogens (tertiary/aromatic N) is 2. The fourth-order valence-corrected chi connectivity index (χ4v) is 3.16. The average molecular weight is 245 g/mol. The Morgan fingerprint density at radius 2 is 2.17 bits per heavy atom. The van der Waals surface area contributed by atoms with Crippen molar-refractivity contribution in [2.24, 2.45) is 11.3 Å². The minimum Gasteiger partial charge on any atom is -0.369 e. The van der Waals surface area contributed by atoms with Crippen LogP contribution >= 0.6 is 0 Å². The van der Waals surface area contributed by atoms with Crippen LogP contribution in [0.25, 0.3) is 11.0 Å². The van der Waals surface area contributed by atoms with E-state index in [1.807, 2.05) is 10.6 Å². The van der Waals surface area contributed by atoms with Crippen LogP contribution < -0.4 is 5.73 Å². The van der Waals surface area contributed by atoms with Crippen LogP contribution in [0.2, 0.25) is 0 Å². The van der Waals surface area contributed by atoms with Gasteiger partial charge in [-0.25, -0.2) is 9.37 Å². The Bertz CT molecular complexity index is 623. The van der Waals surface area contributed by atoms with Crippen LogP contribution in [0.5, 0.6) is 0 Å². The van der Waals surface area contributed by atoms with Gasteiger partial charge in [-0.3, -0.25) is 0 Å². The van der Waals surface area contributed by atoms with E-state index in [2.05, 4.69) is 4.98 Å². The first-order chi connectivity index (χ1) is 8.70. The summed E-state index contributed by atoms with van der Waals surface area (Å²) in [5.74, 6) is 1.03. The molecule has 0 saturated heterocycles. The van der Waals surface area contributed by atoms with Gasteiger partial charge in [-0.1, -0.05) is 6.07 Å². The molecule has 2 fully saturated rings. The summed E-state index contributed by atoms with van der Waals surface area (Å²) in [5.41, 5.74) is 7.64. The first-order valence-corrected chi connectivity index (χ1v) is 6.60. The Balaban J connectivity index is 1.80. The van der Waals surface area contributed by atoms with Gasteiger partial charge in [0.2, 0.25) is 5.95 Å². The molecule has 0 amide bonds. The number of aromatic nitrogens is 2. The molecule has 4 heteroatoms. The van der Waals surface area contributed by atoms with E-state index < -0.39 is 0 Å². The molecule has 0 bridgehead atoms. The van der Waals surface area contributed by atoms with Crippen LogP contribution in [0.15, 0.2) is 18.2 Å². The van der Waals surface area contributed by atoms with Gasteiger partial charge in [0.15, 0.2) is 5.82 Å². The third kappa shape index (κ3) is 1.38. The standard InChI is InChI=1S/C14H16FN3/c15-10-2-1-3-11-12(10)17-13(16)18(11)8-14(6-7-14)9-4-5-9/h1-3,9H,4-8H2,(H2,16,17). The maximum Gasteiger partial charge on any atom is 0.201 e. The van der Waals surface area contributed by atoms with Crippen molar-refractivity contribution >= 4 is 17.0 Å². The van der Waals surface area contributed by atoms with Crippen LogP contribution in [0, 0.1) is 17.2 Å². The molecular formula is C14H16FN3. The predicted octanol–water partition coefficient (Wildman–Crippen LogP) is 2.95. The smallest absolute Gasteiger partial charge is 0.201 e. The van der Waals surface area contributed by atoms with Gasteiger partial charge in [0.1, 0.15) is 5.52 Å². The zero-order valence-corrected chi connectivity index (χ0v) is 10.2. The molecule has 2 aliphatic carbocycles. The largest absolute Gasteiger partial charge is 0.369 e. The number of fused-ring (bicyclic) bond motifs is 1. The SMILES string of the molecule is Nc1nc2c(F)cccc2n1CC1(C2CC2)CC1. The number of nitrogens with two attached hydrogens (primary N) is 1. The number of imidazole rings is 1. The van der Waals surface area contributed by atoms with Crippen molar-refractivity contribution in [2.75, 3.05) is 5.73 Å². The third-order valence-electron chi connectivity index (χ3n) is 4.57. The summed E-state index contributed by atoms with van der Waals surface area (Å²) in [6.45, 7) is 0.906. The van der Waals surface area contributed by atoms with Crippen LogP contribution in [0.4, 0.5) is 10.3 Å². The molecule has 2 N–H and O–H groups in total. The Kier molecular flexibility index (Phi) is 1.87. The molecule has 0 spiro atoms. The quantitative estimate of drug-likeness (QED) is 0.903. The maximum atomic E-state index is 13.7. The van der Waals surface area contributed by atoms with Gasteiger partial charge in [-0.05, 0) is 49.1 Å². The minimum absolute atomic E-state index is 0.283. The molecule has 0 aliphatic heterocycles. The highest BCUT2D eigenvalue weighted by molar-refractivity contribution is 5.78. The van der Waals surface area contributed by atoms with E-state index in [0.29, 0.717) is 16.9 Å². The summed E-state index contributed by atoms with van der Waals surface area (Å²) in [5, 5.41) is 0. The van der Waals surface area contributed by atoms with Crippen molar-refractivity contribution in [3.05, 3.63) is 24.0 Å². The number of hydrogen-bond donors (Lipinski definition) is 1. The minimum atomic E-state index is -0.283. The molecule has 0 radical (unpaired) electrons. The lowest BCUT2D eigenvalue weighted by molar-refractivity contribution is 0.377. The van der Waals surface area contributed by atoms with Gasteiger partial charge in [0, 0.05) is 6.54 Å². The Morgan fingerprint density at radius 1 is 1.39 bits per heavy atom. The average Bonchev–Trinajstić information content (AvgIpc) is 3.23. The van der Waals surface area contributed by atoms with Crippen molar-refractivity contribution < 1.29 is 4.39 Å². The van der Waals surface area contributed by atoms with E-state index in [9.17, 15) is 4.39 Å². The van der Waals surface area contributed by atoms with Gasteiger partial charge in [0.05, 0.1) is 5.52 Å². The van der Waals surface area contributed by atoms with E-state index >= 15 is 0 Å². The lowest BCUT2D eigenvalue weighted by atomic mass is 10.0. The van der Waals surface area contributed by atoms with Gasteiger partial charge in [0.25, 0.3) is 0 Å². The van der Waals surface area contributed by atoms with Gasteiger partial charge in [-0.2, -0.15) is 0 Å². The van der Waals surface area contributed by atoms with Crippen LogP contribution in [-0.2, 0) is 6.54 Å². The van der Waals surface area contributed by atoms with Crippen molar-refractivity contribution in [3.8, 4) is 0 Å². The predicted molar refractivity (Wildman–Crippen MR) is 68.5 cm³/mol. The number of hydrogen-bond acceptors (Lipinski definition) is 2. The molecule has 2 aromatic rings. The highest BCUT2D eigenvalue weighted by Crippen LogP contribution is 2.62. The maximum absolute atomic E-state index is 13.7.